The van der Waals surface area contributed by atoms with Crippen LogP contribution in [-0.2, 0) is 0 Å². The zero-order valence-electron chi connectivity index (χ0n) is 31.2. The van der Waals surface area contributed by atoms with Crippen molar-refractivity contribution in [3.8, 4) is 0 Å². The lowest BCUT2D eigenvalue weighted by molar-refractivity contribution is 0.867. The van der Waals surface area contributed by atoms with Crippen molar-refractivity contribution in [1.29, 1.82) is 0 Å². The smallest absolute Gasteiger partial charge is 0.0108 e. The van der Waals surface area contributed by atoms with Crippen molar-refractivity contribution in [2.45, 2.75) is 121 Å². The summed E-state index contributed by atoms with van der Waals surface area (Å²) in [5, 5.41) is 0. The summed E-state index contributed by atoms with van der Waals surface area (Å²) in [4.78, 5) is 0. The van der Waals surface area contributed by atoms with Gasteiger partial charge >= 0.3 is 0 Å². The van der Waals surface area contributed by atoms with Crippen molar-refractivity contribution in [3.05, 3.63) is 144 Å². The Morgan fingerprint density at radius 3 is 0.455 bits per heavy atom. The van der Waals surface area contributed by atoms with E-state index in [9.17, 15) is 0 Å². The Kier molecular flexibility index (Phi) is 39.7. The van der Waals surface area contributed by atoms with Crippen molar-refractivity contribution in [2.75, 3.05) is 6.38 Å². The molecule has 0 nitrogen and oxygen atoms in total. The van der Waals surface area contributed by atoms with Gasteiger partial charge in [0.25, 0.3) is 0 Å². The lowest BCUT2D eigenvalue weighted by Gasteiger charge is -2.01. The molecule has 0 radical (unpaired) electrons. The molecular weight excluding hydrogens is 552 g/mol. The van der Waals surface area contributed by atoms with E-state index in [2.05, 4.69) is 164 Å². The van der Waals surface area contributed by atoms with Crippen LogP contribution in [0.1, 0.15) is 143 Å². The maximum Gasteiger partial charge on any atom is 0.0108 e. The van der Waals surface area contributed by atoms with Gasteiger partial charge < -0.3 is 0 Å². The molecule has 0 aliphatic heterocycles. The van der Waals surface area contributed by atoms with Gasteiger partial charge in [0.2, 0.25) is 0 Å². The van der Waals surface area contributed by atoms with Gasteiger partial charge in [-0.3, -0.25) is 0 Å². The van der Waals surface area contributed by atoms with Crippen LogP contribution in [0, 0.1) is 0 Å². The maximum atomic E-state index is 4.64. The predicted molar refractivity (Wildman–Crippen MR) is 208 cm³/mol. The van der Waals surface area contributed by atoms with Crippen molar-refractivity contribution < 1.29 is 0 Å². The van der Waals surface area contributed by atoms with E-state index < -0.39 is 0 Å². The summed E-state index contributed by atoms with van der Waals surface area (Å²) in [6.07, 6.45) is 1.47. The molecule has 248 valence electrons. The minimum atomic E-state index is 0.659. The summed E-state index contributed by atoms with van der Waals surface area (Å²) in [5.74, 6) is 2.63. The zero-order valence-corrected chi connectivity index (χ0v) is 32.0. The van der Waals surface area contributed by atoms with E-state index in [4.69, 9.17) is 0 Å². The maximum absolute atomic E-state index is 4.64. The summed E-state index contributed by atoms with van der Waals surface area (Å²) in [7, 11) is 0. The summed E-state index contributed by atoms with van der Waals surface area (Å²) >= 11 is 4.64. The SMILES string of the molecule is CC.CC.CC.CC(C)c1ccccc1.CC(C)c1ccccc1.CC(C)c1ccccc1.CC(C)c1ccccc1.CCl. The topological polar surface area (TPSA) is 0 Å². The third-order valence-electron chi connectivity index (χ3n) is 5.86. The fraction of sp³-hybridized carbons (Fsp3) is 0.442. The number of hydrogen-bond donors (Lipinski definition) is 0. The van der Waals surface area contributed by atoms with Crippen molar-refractivity contribution in [3.63, 3.8) is 0 Å². The molecule has 4 aromatic rings. The molecule has 44 heavy (non-hydrogen) atoms. The van der Waals surface area contributed by atoms with E-state index >= 15 is 0 Å². The zero-order chi connectivity index (χ0) is 34.8. The lowest BCUT2D eigenvalue weighted by atomic mass is 10.0. The van der Waals surface area contributed by atoms with Gasteiger partial charge in [0, 0.05) is 6.38 Å². The number of hydrogen-bond acceptors (Lipinski definition) is 0. The average Bonchev–Trinajstić information content (AvgIpc) is 3.11. The highest BCUT2D eigenvalue weighted by molar-refractivity contribution is 6.15. The Bertz CT molecular complexity index is 831. The minimum absolute atomic E-state index is 0.659. The highest BCUT2D eigenvalue weighted by Gasteiger charge is 1.95. The molecule has 4 rings (SSSR count). The number of benzene rings is 4. The molecule has 0 heterocycles. The molecule has 0 aliphatic carbocycles. The van der Waals surface area contributed by atoms with E-state index in [1.165, 1.54) is 28.6 Å². The van der Waals surface area contributed by atoms with E-state index in [0.717, 1.165) is 0 Å². The van der Waals surface area contributed by atoms with Crippen molar-refractivity contribution in [2.24, 2.45) is 0 Å². The molecule has 0 aromatic heterocycles. The monoisotopic (exact) mass is 621 g/mol. The Hall–Kier alpha value is -2.83. The first-order valence-electron chi connectivity index (χ1n) is 16.8. The van der Waals surface area contributed by atoms with Crippen molar-refractivity contribution >= 4 is 11.6 Å². The van der Waals surface area contributed by atoms with Gasteiger partial charge in [-0.1, -0.05) is 218 Å². The molecule has 0 N–H and O–H groups in total. The quantitative estimate of drug-likeness (QED) is 0.199. The molecule has 0 saturated heterocycles. The fourth-order valence-corrected chi connectivity index (χ4v) is 3.35. The molecule has 0 saturated carbocycles. The Labute approximate surface area is 281 Å². The number of rotatable bonds is 4. The number of halogens is 1. The van der Waals surface area contributed by atoms with Gasteiger partial charge in [0.1, 0.15) is 0 Å². The van der Waals surface area contributed by atoms with E-state index in [1.54, 1.807) is 0 Å². The fourth-order valence-electron chi connectivity index (χ4n) is 3.35. The third kappa shape index (κ3) is 28.0. The standard InChI is InChI=1S/4C9H12.3C2H6.CH3Cl/c4*1-8(2)9-6-4-3-5-7-9;4*1-2/h4*3-8H,1-2H3;3*1-2H3;1H3. The van der Waals surface area contributed by atoms with Gasteiger partial charge in [0.05, 0.1) is 0 Å². The molecule has 1 heteroatoms. The van der Waals surface area contributed by atoms with Crippen LogP contribution in [0.5, 0.6) is 0 Å². The van der Waals surface area contributed by atoms with Crippen LogP contribution in [0.2, 0.25) is 0 Å². The summed E-state index contributed by atoms with van der Waals surface area (Å²) < 4.78 is 0. The van der Waals surface area contributed by atoms with Crippen LogP contribution in [0.4, 0.5) is 0 Å². The van der Waals surface area contributed by atoms with Crippen LogP contribution in [0.15, 0.2) is 121 Å². The molecule has 0 spiro atoms. The first kappa shape index (κ1) is 48.1. The summed E-state index contributed by atoms with van der Waals surface area (Å²) in [5.41, 5.74) is 5.66. The average molecular weight is 621 g/mol. The van der Waals surface area contributed by atoms with E-state index in [0.29, 0.717) is 23.7 Å². The highest BCUT2D eigenvalue weighted by atomic mass is 35.5. The van der Waals surface area contributed by atoms with Gasteiger partial charge in [-0.2, -0.15) is 0 Å². The molecule has 0 aliphatic rings. The van der Waals surface area contributed by atoms with Crippen LogP contribution in [0.3, 0.4) is 0 Å². The summed E-state index contributed by atoms with van der Waals surface area (Å²) in [6.45, 7) is 29.6. The second-order valence-electron chi connectivity index (χ2n) is 10.3. The van der Waals surface area contributed by atoms with Crippen LogP contribution in [0.25, 0.3) is 0 Å². The number of alkyl halides is 1. The van der Waals surface area contributed by atoms with Crippen molar-refractivity contribution in [1.82, 2.24) is 0 Å². The van der Waals surface area contributed by atoms with Gasteiger partial charge in [0.15, 0.2) is 0 Å². The van der Waals surface area contributed by atoms with E-state index in [1.807, 2.05) is 65.8 Å². The van der Waals surface area contributed by atoms with Gasteiger partial charge in [-0.05, 0) is 45.9 Å². The lowest BCUT2D eigenvalue weighted by Crippen LogP contribution is -1.83. The van der Waals surface area contributed by atoms with Gasteiger partial charge in [-0.25, -0.2) is 0 Å². The van der Waals surface area contributed by atoms with Gasteiger partial charge in [-0.15, -0.1) is 11.6 Å². The highest BCUT2D eigenvalue weighted by Crippen LogP contribution is 2.13. The largest absolute Gasteiger partial charge is 0.130 e. The molecular formula is C43H69Cl. The third-order valence-corrected chi connectivity index (χ3v) is 5.86. The normalized spacial score (nSPS) is 8.82. The minimum Gasteiger partial charge on any atom is -0.130 e. The Balaban J connectivity index is -0.000000225. The first-order chi connectivity index (χ1) is 21.2. The molecule has 0 unspecified atom stereocenters. The molecule has 0 atom stereocenters. The Morgan fingerprint density at radius 1 is 0.273 bits per heavy atom. The van der Waals surface area contributed by atoms with Crippen LogP contribution >= 0.6 is 11.6 Å². The molecule has 0 amide bonds. The first-order valence-corrected chi connectivity index (χ1v) is 17.6. The van der Waals surface area contributed by atoms with E-state index in [-0.39, 0.29) is 0 Å². The van der Waals surface area contributed by atoms with Crippen LogP contribution in [-0.4, -0.2) is 6.38 Å². The van der Waals surface area contributed by atoms with Crippen LogP contribution < -0.4 is 0 Å². The molecule has 0 bridgehead atoms. The second-order valence-corrected chi connectivity index (χ2v) is 10.3. The Morgan fingerprint density at radius 2 is 0.386 bits per heavy atom. The molecule has 0 fully saturated rings. The predicted octanol–water partition coefficient (Wildman–Crippen LogP) is 15.2. The summed E-state index contributed by atoms with van der Waals surface area (Å²) in [6, 6.07) is 42.1. The second kappa shape index (κ2) is 36.4. The molecule has 4 aromatic carbocycles.